The highest BCUT2D eigenvalue weighted by molar-refractivity contribution is 7.98. The van der Waals surface area contributed by atoms with Gasteiger partial charge in [0.05, 0.1) is 10.8 Å². The molecule has 4 rings (SSSR count). The summed E-state index contributed by atoms with van der Waals surface area (Å²) >= 11 is 7.38. The molecule has 2 aromatic heterocycles. The minimum Gasteiger partial charge on any atom is -0.360 e. The summed E-state index contributed by atoms with van der Waals surface area (Å²) in [5, 5.41) is 5.49. The summed E-state index contributed by atoms with van der Waals surface area (Å²) in [7, 11) is -3.45. The van der Waals surface area contributed by atoms with E-state index < -0.39 is 10.0 Å². The van der Waals surface area contributed by atoms with E-state index in [1.165, 1.54) is 18.0 Å². The third kappa shape index (κ3) is 4.83. The lowest BCUT2D eigenvalue weighted by atomic mass is 10.1. The normalized spacial score (nSPS) is 15.5. The van der Waals surface area contributed by atoms with Gasteiger partial charge in [-0.3, -0.25) is 0 Å². The van der Waals surface area contributed by atoms with Crippen LogP contribution in [0.3, 0.4) is 0 Å². The van der Waals surface area contributed by atoms with Crippen molar-refractivity contribution >= 4 is 33.4 Å². The highest BCUT2D eigenvalue weighted by Gasteiger charge is 2.26. The Hall–Kier alpha value is -1.87. The minimum absolute atomic E-state index is 0.244. The second-order valence-electron chi connectivity index (χ2n) is 6.77. The summed E-state index contributed by atoms with van der Waals surface area (Å²) < 4.78 is 32.3. The van der Waals surface area contributed by atoms with Gasteiger partial charge in [-0.25, -0.2) is 13.4 Å². The van der Waals surface area contributed by atoms with Gasteiger partial charge in [-0.15, -0.1) is 0 Å². The molecule has 1 aromatic carbocycles. The number of hydrogen-bond acceptors (Lipinski definition) is 6. The molecule has 1 aliphatic heterocycles. The van der Waals surface area contributed by atoms with Crippen LogP contribution in [0, 0.1) is 0 Å². The monoisotopic (exact) mass is 449 g/mol. The van der Waals surface area contributed by atoms with Crippen molar-refractivity contribution < 1.29 is 12.9 Å². The first-order chi connectivity index (χ1) is 14.0. The van der Waals surface area contributed by atoms with Gasteiger partial charge in [0.15, 0.2) is 0 Å². The third-order valence-corrected chi connectivity index (χ3v) is 7.82. The molecule has 1 fully saturated rings. The zero-order valence-electron chi connectivity index (χ0n) is 15.6. The lowest BCUT2D eigenvalue weighted by molar-refractivity contribution is 0.346. The summed E-state index contributed by atoms with van der Waals surface area (Å²) in [4.78, 5) is 4.55. The fourth-order valence-electron chi connectivity index (χ4n) is 3.14. The summed E-state index contributed by atoms with van der Waals surface area (Å²) in [6, 6.07) is 12.6. The van der Waals surface area contributed by atoms with Gasteiger partial charge in [0.25, 0.3) is 0 Å². The predicted octanol–water partition coefficient (Wildman–Crippen LogP) is 4.86. The molecule has 3 heterocycles. The number of sulfonamides is 1. The average Bonchev–Trinajstić information content (AvgIpc) is 3.23. The molecule has 152 valence electrons. The highest BCUT2D eigenvalue weighted by atomic mass is 35.5. The van der Waals surface area contributed by atoms with Gasteiger partial charge in [-0.2, -0.15) is 4.31 Å². The van der Waals surface area contributed by atoms with E-state index in [4.69, 9.17) is 16.1 Å². The molecule has 0 atom stereocenters. The number of piperidine rings is 1. The maximum atomic E-state index is 12.7. The van der Waals surface area contributed by atoms with Crippen LogP contribution in [-0.4, -0.2) is 36.0 Å². The Morgan fingerprint density at radius 3 is 2.52 bits per heavy atom. The van der Waals surface area contributed by atoms with Crippen LogP contribution in [0.2, 0.25) is 5.02 Å². The van der Waals surface area contributed by atoms with Crippen LogP contribution in [-0.2, 0) is 15.8 Å². The van der Waals surface area contributed by atoms with E-state index in [1.54, 1.807) is 16.4 Å². The molecule has 0 spiro atoms. The molecule has 0 N–H and O–H groups in total. The average molecular weight is 450 g/mol. The Balaban J connectivity index is 1.39. The second kappa shape index (κ2) is 8.87. The first-order valence-electron chi connectivity index (χ1n) is 9.33. The molecule has 0 aliphatic carbocycles. The quantitative estimate of drug-likeness (QED) is 0.500. The van der Waals surface area contributed by atoms with Gasteiger partial charge in [-0.1, -0.05) is 47.1 Å². The molecule has 1 aliphatic rings. The van der Waals surface area contributed by atoms with E-state index in [9.17, 15) is 8.42 Å². The van der Waals surface area contributed by atoms with Crippen molar-refractivity contribution in [1.29, 1.82) is 0 Å². The first-order valence-corrected chi connectivity index (χ1v) is 12.1. The van der Waals surface area contributed by atoms with Gasteiger partial charge < -0.3 is 4.52 Å². The first kappa shape index (κ1) is 20.4. The third-order valence-electron chi connectivity index (χ3n) is 4.72. The van der Waals surface area contributed by atoms with Crippen molar-refractivity contribution in [3.05, 3.63) is 59.4 Å². The molecule has 0 unspecified atom stereocenters. The lowest BCUT2D eigenvalue weighted by Gasteiger charge is -2.25. The van der Waals surface area contributed by atoms with Crippen LogP contribution in [0.25, 0.3) is 11.3 Å². The zero-order chi connectivity index (χ0) is 20.3. The van der Waals surface area contributed by atoms with Gasteiger partial charge >= 0.3 is 0 Å². The smallest absolute Gasteiger partial charge is 0.244 e. The second-order valence-corrected chi connectivity index (χ2v) is 10.1. The molecular formula is C20H20ClN3O3S2. The van der Waals surface area contributed by atoms with E-state index in [1.807, 2.05) is 30.3 Å². The van der Waals surface area contributed by atoms with Crippen molar-refractivity contribution in [3.63, 3.8) is 0 Å². The molecule has 0 amide bonds. The van der Waals surface area contributed by atoms with Crippen molar-refractivity contribution in [2.45, 2.75) is 34.9 Å². The predicted molar refractivity (Wildman–Crippen MR) is 113 cm³/mol. The topological polar surface area (TPSA) is 76.3 Å². The molecule has 0 radical (unpaired) electrons. The number of pyridine rings is 1. The number of rotatable bonds is 6. The van der Waals surface area contributed by atoms with Crippen LogP contribution < -0.4 is 0 Å². The van der Waals surface area contributed by atoms with Crippen LogP contribution >= 0.6 is 23.4 Å². The van der Waals surface area contributed by atoms with Crippen LogP contribution in [0.5, 0.6) is 0 Å². The summed E-state index contributed by atoms with van der Waals surface area (Å²) in [5.74, 6) is 1.26. The minimum atomic E-state index is -3.45. The number of hydrogen-bond donors (Lipinski definition) is 0. The Kier molecular flexibility index (Phi) is 6.24. The van der Waals surface area contributed by atoms with E-state index in [2.05, 4.69) is 10.1 Å². The van der Waals surface area contributed by atoms with Crippen molar-refractivity contribution in [2.75, 3.05) is 13.1 Å². The lowest BCUT2D eigenvalue weighted by Crippen LogP contribution is -2.35. The van der Waals surface area contributed by atoms with Crippen molar-refractivity contribution in [2.24, 2.45) is 0 Å². The Morgan fingerprint density at radius 1 is 1.07 bits per heavy atom. The molecule has 3 aromatic rings. The Bertz CT molecular complexity index is 1060. The van der Waals surface area contributed by atoms with E-state index in [0.717, 1.165) is 35.5 Å². The fourth-order valence-corrected chi connectivity index (χ4v) is 5.45. The maximum Gasteiger partial charge on any atom is 0.244 e. The van der Waals surface area contributed by atoms with Gasteiger partial charge in [0.2, 0.25) is 10.0 Å². The van der Waals surface area contributed by atoms with Crippen LogP contribution in [0.4, 0.5) is 0 Å². The molecule has 0 saturated carbocycles. The maximum absolute atomic E-state index is 12.7. The van der Waals surface area contributed by atoms with E-state index >= 15 is 0 Å². The van der Waals surface area contributed by atoms with E-state index in [0.29, 0.717) is 29.6 Å². The van der Waals surface area contributed by atoms with Gasteiger partial charge in [0, 0.05) is 35.9 Å². The SMILES string of the molecule is O=S(=O)(c1ccc(SCc2cc(-c3ccc(Cl)cc3)no2)nc1)N1CCCCC1. The number of nitrogens with zero attached hydrogens (tertiary/aromatic N) is 3. The molecule has 1 saturated heterocycles. The Labute approximate surface area is 179 Å². The largest absolute Gasteiger partial charge is 0.360 e. The molecular weight excluding hydrogens is 430 g/mol. The van der Waals surface area contributed by atoms with Crippen molar-refractivity contribution in [3.8, 4) is 11.3 Å². The summed E-state index contributed by atoms with van der Waals surface area (Å²) in [5.41, 5.74) is 1.67. The molecule has 0 bridgehead atoms. The Morgan fingerprint density at radius 2 is 1.83 bits per heavy atom. The van der Waals surface area contributed by atoms with Crippen molar-refractivity contribution in [1.82, 2.24) is 14.4 Å². The number of aromatic nitrogens is 2. The van der Waals surface area contributed by atoms with Gasteiger partial charge in [0.1, 0.15) is 16.3 Å². The zero-order valence-corrected chi connectivity index (χ0v) is 18.0. The molecule has 29 heavy (non-hydrogen) atoms. The fraction of sp³-hybridized carbons (Fsp3) is 0.300. The molecule has 6 nitrogen and oxygen atoms in total. The van der Waals surface area contributed by atoms with Crippen LogP contribution in [0.15, 0.2) is 63.1 Å². The molecule has 9 heteroatoms. The number of thioether (sulfide) groups is 1. The number of halogens is 1. The summed E-state index contributed by atoms with van der Waals surface area (Å²) in [6.07, 6.45) is 4.35. The summed E-state index contributed by atoms with van der Waals surface area (Å²) in [6.45, 7) is 1.17. The van der Waals surface area contributed by atoms with Crippen LogP contribution in [0.1, 0.15) is 25.0 Å². The van der Waals surface area contributed by atoms with Gasteiger partial charge in [-0.05, 0) is 37.1 Å². The standard InChI is InChI=1S/C20H20ClN3O3S2/c21-16-6-4-15(5-7-16)19-12-17(27-23-19)14-28-20-9-8-18(13-22-20)29(25,26)24-10-2-1-3-11-24/h4-9,12-13H,1-3,10-11,14H2. The highest BCUT2D eigenvalue weighted by Crippen LogP contribution is 2.27. The van der Waals surface area contributed by atoms with E-state index in [-0.39, 0.29) is 4.90 Å². The number of benzene rings is 1.